The topological polar surface area (TPSA) is 86.8 Å². The smallest absolute Gasteiger partial charge is 0.288 e. The third-order valence-corrected chi connectivity index (χ3v) is 2.28. The molecule has 0 fully saturated rings. The van der Waals surface area contributed by atoms with Crippen molar-refractivity contribution in [3.8, 4) is 6.07 Å². The van der Waals surface area contributed by atoms with E-state index < -0.39 is 5.56 Å². The number of hydrogen-bond donors (Lipinski definition) is 1. The van der Waals surface area contributed by atoms with Gasteiger partial charge >= 0.3 is 0 Å². The van der Waals surface area contributed by atoms with Crippen molar-refractivity contribution in [1.82, 2.24) is 19.6 Å². The zero-order chi connectivity index (χ0) is 11.1. The van der Waals surface area contributed by atoms with Crippen LogP contribution < -0.4 is 5.56 Å². The number of H-pyrrole nitrogens is 1. The predicted molar refractivity (Wildman–Crippen MR) is 55.8 cm³/mol. The van der Waals surface area contributed by atoms with Gasteiger partial charge in [-0.05, 0) is 12.1 Å². The van der Waals surface area contributed by atoms with Gasteiger partial charge in [0.1, 0.15) is 6.07 Å². The third-order valence-electron chi connectivity index (χ3n) is 2.28. The summed E-state index contributed by atoms with van der Waals surface area (Å²) in [6.07, 6.45) is 0. The van der Waals surface area contributed by atoms with E-state index >= 15 is 0 Å². The Kier molecular flexibility index (Phi) is 1.56. The second-order valence-electron chi connectivity index (χ2n) is 3.25. The lowest BCUT2D eigenvalue weighted by Crippen LogP contribution is -2.15. The molecule has 0 bridgehead atoms. The summed E-state index contributed by atoms with van der Waals surface area (Å²) >= 11 is 0. The minimum absolute atomic E-state index is 0.171. The Morgan fingerprint density at radius 2 is 2.19 bits per heavy atom. The Morgan fingerprint density at radius 1 is 1.38 bits per heavy atom. The number of para-hydroxylation sites is 2. The quantitative estimate of drug-likeness (QED) is 0.584. The fraction of sp³-hybridized carbons (Fsp3) is 0. The molecule has 0 amide bonds. The molecule has 0 atom stereocenters. The summed E-state index contributed by atoms with van der Waals surface area (Å²) in [6, 6.07) is 9.06. The fourth-order valence-electron chi connectivity index (χ4n) is 1.57. The number of imidazole rings is 1. The van der Waals surface area contributed by atoms with E-state index in [4.69, 9.17) is 5.26 Å². The van der Waals surface area contributed by atoms with Gasteiger partial charge in [0.15, 0.2) is 0 Å². The number of aromatic amines is 1. The first-order valence-corrected chi connectivity index (χ1v) is 4.57. The van der Waals surface area contributed by atoms with Crippen LogP contribution in [-0.4, -0.2) is 19.6 Å². The molecular weight excluding hydrogens is 206 g/mol. The van der Waals surface area contributed by atoms with Gasteiger partial charge in [0.2, 0.25) is 11.5 Å². The van der Waals surface area contributed by atoms with Crippen LogP contribution in [0.5, 0.6) is 0 Å². The maximum Gasteiger partial charge on any atom is 0.289 e. The summed E-state index contributed by atoms with van der Waals surface area (Å²) in [5.74, 6) is 0.338. The van der Waals surface area contributed by atoms with Crippen molar-refractivity contribution in [2.24, 2.45) is 0 Å². The van der Waals surface area contributed by atoms with E-state index in [1.54, 1.807) is 6.07 Å². The lowest BCUT2D eigenvalue weighted by Gasteiger charge is -1.93. The molecule has 0 saturated carbocycles. The molecule has 2 aromatic heterocycles. The number of benzene rings is 1. The Balaban J connectivity index is 2.58. The number of fused-ring (bicyclic) bond motifs is 3. The fourth-order valence-corrected chi connectivity index (χ4v) is 1.57. The highest BCUT2D eigenvalue weighted by atomic mass is 16.1. The minimum atomic E-state index is -0.523. The van der Waals surface area contributed by atoms with Crippen molar-refractivity contribution in [1.29, 1.82) is 5.26 Å². The summed E-state index contributed by atoms with van der Waals surface area (Å²) in [6.45, 7) is 0. The summed E-state index contributed by atoms with van der Waals surface area (Å²) in [5.41, 5.74) is 0.784. The molecule has 6 heteroatoms. The van der Waals surface area contributed by atoms with Gasteiger partial charge in [0, 0.05) is 0 Å². The highest BCUT2D eigenvalue weighted by molar-refractivity contribution is 5.78. The maximum atomic E-state index is 11.3. The van der Waals surface area contributed by atoms with Crippen LogP contribution >= 0.6 is 0 Å². The van der Waals surface area contributed by atoms with Crippen LogP contribution in [0.1, 0.15) is 5.69 Å². The number of nitriles is 1. The average molecular weight is 211 g/mol. The molecule has 76 valence electrons. The predicted octanol–water partition coefficient (Wildman–Crippen LogP) is 0.442. The number of aromatic nitrogens is 4. The molecule has 3 rings (SSSR count). The van der Waals surface area contributed by atoms with Gasteiger partial charge in [-0.2, -0.15) is 9.78 Å². The first-order chi connectivity index (χ1) is 7.79. The van der Waals surface area contributed by atoms with E-state index in [1.807, 2.05) is 24.3 Å². The highest BCUT2D eigenvalue weighted by Crippen LogP contribution is 2.12. The molecule has 1 N–H and O–H groups in total. The van der Waals surface area contributed by atoms with E-state index in [1.165, 1.54) is 4.52 Å². The van der Waals surface area contributed by atoms with Gasteiger partial charge in [-0.25, -0.2) is 4.98 Å². The summed E-state index contributed by atoms with van der Waals surface area (Å²) in [4.78, 5) is 18.0. The third kappa shape index (κ3) is 1.02. The van der Waals surface area contributed by atoms with Crippen molar-refractivity contribution >= 4 is 16.8 Å². The van der Waals surface area contributed by atoms with Crippen molar-refractivity contribution in [3.63, 3.8) is 0 Å². The van der Waals surface area contributed by atoms with Gasteiger partial charge in [0.25, 0.3) is 5.56 Å². The summed E-state index contributed by atoms with van der Waals surface area (Å²) in [5, 5.41) is 12.7. The zero-order valence-electron chi connectivity index (χ0n) is 8.01. The van der Waals surface area contributed by atoms with Gasteiger partial charge in [-0.3, -0.25) is 9.78 Å². The summed E-state index contributed by atoms with van der Waals surface area (Å²) < 4.78 is 1.45. The van der Waals surface area contributed by atoms with Crippen molar-refractivity contribution in [3.05, 3.63) is 40.3 Å². The second-order valence-corrected chi connectivity index (χ2v) is 3.25. The first-order valence-electron chi connectivity index (χ1n) is 4.57. The van der Waals surface area contributed by atoms with Gasteiger partial charge in [-0.1, -0.05) is 12.1 Å². The van der Waals surface area contributed by atoms with E-state index in [2.05, 4.69) is 15.1 Å². The second kappa shape index (κ2) is 2.90. The molecule has 0 aliphatic heterocycles. The minimum Gasteiger partial charge on any atom is -0.288 e. The molecule has 16 heavy (non-hydrogen) atoms. The van der Waals surface area contributed by atoms with Crippen molar-refractivity contribution in [2.45, 2.75) is 0 Å². The molecule has 2 heterocycles. The summed E-state index contributed by atoms with van der Waals surface area (Å²) in [7, 11) is 0. The lowest BCUT2D eigenvalue weighted by molar-refractivity contribution is 0.893. The van der Waals surface area contributed by atoms with Crippen LogP contribution in [0.4, 0.5) is 0 Å². The monoisotopic (exact) mass is 211 g/mol. The van der Waals surface area contributed by atoms with Crippen LogP contribution in [0.2, 0.25) is 0 Å². The first kappa shape index (κ1) is 8.61. The van der Waals surface area contributed by atoms with Crippen molar-refractivity contribution < 1.29 is 0 Å². The normalized spacial score (nSPS) is 10.7. The molecule has 1 aromatic carbocycles. The lowest BCUT2D eigenvalue weighted by atomic mass is 10.3. The van der Waals surface area contributed by atoms with Gasteiger partial charge in [-0.15, -0.1) is 5.10 Å². The Morgan fingerprint density at radius 3 is 3.00 bits per heavy atom. The number of rotatable bonds is 0. The molecule has 3 aromatic rings. The molecule has 6 nitrogen and oxygen atoms in total. The van der Waals surface area contributed by atoms with E-state index in [9.17, 15) is 4.79 Å². The standard InChI is InChI=1S/C10H5N5O/c11-5-7-9(16)13-10-12-6-3-1-2-4-8(6)15(10)14-7/h1-4H,(H,12,13,16). The molecule has 0 spiro atoms. The zero-order valence-corrected chi connectivity index (χ0v) is 8.01. The van der Waals surface area contributed by atoms with E-state index in [-0.39, 0.29) is 5.69 Å². The van der Waals surface area contributed by atoms with Gasteiger partial charge < -0.3 is 0 Å². The highest BCUT2D eigenvalue weighted by Gasteiger charge is 2.08. The molecule has 0 radical (unpaired) electrons. The number of nitrogens with one attached hydrogen (secondary N) is 1. The van der Waals surface area contributed by atoms with Crippen LogP contribution in [0.15, 0.2) is 29.1 Å². The Hall–Kier alpha value is -2.68. The Bertz CT molecular complexity index is 792. The van der Waals surface area contributed by atoms with E-state index in [0.29, 0.717) is 5.78 Å². The van der Waals surface area contributed by atoms with Crippen LogP contribution in [0.3, 0.4) is 0 Å². The maximum absolute atomic E-state index is 11.3. The molecule has 0 aliphatic carbocycles. The molecule has 0 unspecified atom stereocenters. The van der Waals surface area contributed by atoms with Crippen LogP contribution in [-0.2, 0) is 0 Å². The largest absolute Gasteiger partial charge is 0.289 e. The van der Waals surface area contributed by atoms with Gasteiger partial charge in [0.05, 0.1) is 11.0 Å². The molecular formula is C10H5N5O. The SMILES string of the molecule is N#Cc1nn2c(nc3ccccc32)[nH]c1=O. The Labute approximate surface area is 88.8 Å². The van der Waals surface area contributed by atoms with Crippen LogP contribution in [0.25, 0.3) is 16.8 Å². The van der Waals surface area contributed by atoms with Crippen LogP contribution in [0, 0.1) is 11.3 Å². The molecule has 0 aliphatic rings. The van der Waals surface area contributed by atoms with Crippen molar-refractivity contribution in [2.75, 3.05) is 0 Å². The molecule has 0 saturated heterocycles. The number of nitrogens with zero attached hydrogens (tertiary/aromatic N) is 4. The average Bonchev–Trinajstić information content (AvgIpc) is 2.65. The number of hydrogen-bond acceptors (Lipinski definition) is 4. The van der Waals surface area contributed by atoms with E-state index in [0.717, 1.165) is 11.0 Å².